The van der Waals surface area contributed by atoms with E-state index in [1.807, 2.05) is 24.4 Å². The molecule has 4 rings (SSSR count). The molecular weight excluding hydrogens is 404 g/mol. The van der Waals surface area contributed by atoms with Gasteiger partial charge < -0.3 is 11.1 Å². The molecule has 4 N–H and O–H groups in total. The molecule has 164 valence electrons. The van der Waals surface area contributed by atoms with E-state index in [1.165, 1.54) is 5.56 Å². The van der Waals surface area contributed by atoms with E-state index < -0.39 is 0 Å². The van der Waals surface area contributed by atoms with Crippen molar-refractivity contribution in [2.45, 2.75) is 26.1 Å². The number of benzene rings is 1. The Bertz CT molecular complexity index is 1160. The average Bonchev–Trinajstić information content (AvgIpc) is 2.80. The molecule has 0 radical (unpaired) electrons. The van der Waals surface area contributed by atoms with E-state index in [1.54, 1.807) is 6.20 Å². The molecule has 1 aromatic carbocycles. The lowest BCUT2D eigenvalue weighted by atomic mass is 10.2. The molecule has 0 bridgehead atoms. The highest BCUT2D eigenvalue weighted by atomic mass is 16.1. The summed E-state index contributed by atoms with van der Waals surface area (Å²) in [6.45, 7) is 3.91. The number of hydrogen-bond acceptors (Lipinski definition) is 8. The molecule has 0 spiro atoms. The number of nitrogens with two attached hydrogens (primary N) is 1. The number of H-pyrrole nitrogens is 1. The van der Waals surface area contributed by atoms with Crippen LogP contribution in [0.3, 0.4) is 0 Å². The van der Waals surface area contributed by atoms with Gasteiger partial charge in [0.2, 0.25) is 5.95 Å². The van der Waals surface area contributed by atoms with Gasteiger partial charge in [-0.15, -0.1) is 0 Å². The minimum atomic E-state index is -0.382. The van der Waals surface area contributed by atoms with Crippen molar-refractivity contribution in [3.63, 3.8) is 0 Å². The molecule has 9 heteroatoms. The molecule has 0 aliphatic heterocycles. The zero-order valence-corrected chi connectivity index (χ0v) is 17.7. The van der Waals surface area contributed by atoms with Crippen molar-refractivity contribution in [1.82, 2.24) is 35.1 Å². The SMILES string of the molecule is Nc1nc2ncc(CNCCCN(Cc3ccccc3)Cc3ccccn3)nc2c(=O)[nH]1. The highest BCUT2D eigenvalue weighted by Crippen LogP contribution is 2.09. The first-order valence-corrected chi connectivity index (χ1v) is 10.6. The third kappa shape index (κ3) is 5.93. The summed E-state index contributed by atoms with van der Waals surface area (Å²) in [4.78, 5) is 33.8. The van der Waals surface area contributed by atoms with Crippen molar-refractivity contribution >= 4 is 17.1 Å². The molecule has 0 amide bonds. The van der Waals surface area contributed by atoms with E-state index in [0.717, 1.165) is 38.3 Å². The van der Waals surface area contributed by atoms with E-state index >= 15 is 0 Å². The third-order valence-corrected chi connectivity index (χ3v) is 4.98. The van der Waals surface area contributed by atoms with Crippen LogP contribution in [0.1, 0.15) is 23.4 Å². The van der Waals surface area contributed by atoms with Crippen LogP contribution in [-0.2, 0) is 19.6 Å². The number of nitrogens with zero attached hydrogens (tertiary/aromatic N) is 5. The first kappa shape index (κ1) is 21.5. The van der Waals surface area contributed by atoms with Gasteiger partial charge in [0.1, 0.15) is 0 Å². The normalized spacial score (nSPS) is 11.3. The maximum absolute atomic E-state index is 12.0. The van der Waals surface area contributed by atoms with Gasteiger partial charge in [0.05, 0.1) is 17.6 Å². The van der Waals surface area contributed by atoms with Crippen LogP contribution in [0.15, 0.2) is 65.7 Å². The van der Waals surface area contributed by atoms with Gasteiger partial charge in [-0.3, -0.25) is 19.7 Å². The molecule has 32 heavy (non-hydrogen) atoms. The first-order valence-electron chi connectivity index (χ1n) is 10.6. The second-order valence-electron chi connectivity index (χ2n) is 7.53. The molecule has 0 fully saturated rings. The number of anilines is 1. The average molecular weight is 431 g/mol. The molecule has 4 aromatic rings. The van der Waals surface area contributed by atoms with Crippen LogP contribution in [0.5, 0.6) is 0 Å². The monoisotopic (exact) mass is 430 g/mol. The largest absolute Gasteiger partial charge is 0.369 e. The summed E-state index contributed by atoms with van der Waals surface area (Å²) < 4.78 is 0. The van der Waals surface area contributed by atoms with Gasteiger partial charge in [-0.25, -0.2) is 9.97 Å². The number of nitrogens with one attached hydrogen (secondary N) is 2. The van der Waals surface area contributed by atoms with Crippen LogP contribution < -0.4 is 16.6 Å². The fourth-order valence-electron chi connectivity index (χ4n) is 3.48. The number of nitrogen functional groups attached to an aromatic ring is 1. The van der Waals surface area contributed by atoms with Gasteiger partial charge in [0.25, 0.3) is 5.56 Å². The standard InChI is InChI=1S/C23H26N8O/c24-23-29-21-20(22(32)30-23)28-19(14-27-21)13-25-10-6-12-31(15-17-7-2-1-3-8-17)16-18-9-4-5-11-26-18/h1-5,7-9,11,14,25H,6,10,12-13,15-16H2,(H3,24,27,29,30,32). The van der Waals surface area contributed by atoms with E-state index in [-0.39, 0.29) is 22.7 Å². The Morgan fingerprint density at radius 1 is 0.969 bits per heavy atom. The van der Waals surface area contributed by atoms with Crippen molar-refractivity contribution < 1.29 is 0 Å². The van der Waals surface area contributed by atoms with Gasteiger partial charge in [-0.1, -0.05) is 36.4 Å². The van der Waals surface area contributed by atoms with Crippen molar-refractivity contribution in [1.29, 1.82) is 0 Å². The van der Waals surface area contributed by atoms with Crippen LogP contribution in [0.2, 0.25) is 0 Å². The lowest BCUT2D eigenvalue weighted by molar-refractivity contribution is 0.249. The number of aromatic amines is 1. The summed E-state index contributed by atoms with van der Waals surface area (Å²) in [6, 6.07) is 16.5. The Labute approximate surface area is 185 Å². The number of hydrogen-bond donors (Lipinski definition) is 3. The molecule has 0 saturated carbocycles. The van der Waals surface area contributed by atoms with Crippen LogP contribution in [0, 0.1) is 0 Å². The molecule has 0 saturated heterocycles. The second-order valence-corrected chi connectivity index (χ2v) is 7.53. The fourth-order valence-corrected chi connectivity index (χ4v) is 3.48. The van der Waals surface area contributed by atoms with Gasteiger partial charge in [-0.2, -0.15) is 4.98 Å². The summed E-state index contributed by atoms with van der Waals surface area (Å²) in [6.07, 6.45) is 4.40. The Kier molecular flexibility index (Phi) is 7.11. The quantitative estimate of drug-likeness (QED) is 0.326. The van der Waals surface area contributed by atoms with Crippen molar-refractivity contribution in [2.24, 2.45) is 0 Å². The molecule has 0 aliphatic carbocycles. The molecule has 0 aliphatic rings. The molecule has 9 nitrogen and oxygen atoms in total. The van der Waals surface area contributed by atoms with Gasteiger partial charge in [0.15, 0.2) is 11.2 Å². The highest BCUT2D eigenvalue weighted by molar-refractivity contribution is 5.69. The van der Waals surface area contributed by atoms with E-state index in [4.69, 9.17) is 5.73 Å². The van der Waals surface area contributed by atoms with E-state index in [9.17, 15) is 4.79 Å². The zero-order valence-electron chi connectivity index (χ0n) is 17.7. The summed E-state index contributed by atoms with van der Waals surface area (Å²) in [5.74, 6) is 0.0356. The van der Waals surface area contributed by atoms with Crippen molar-refractivity contribution in [3.8, 4) is 0 Å². The highest BCUT2D eigenvalue weighted by Gasteiger charge is 2.09. The molecule has 0 atom stereocenters. The predicted molar refractivity (Wildman–Crippen MR) is 123 cm³/mol. The molecular formula is C23H26N8O. The Balaban J connectivity index is 1.30. The maximum atomic E-state index is 12.0. The van der Waals surface area contributed by atoms with Crippen LogP contribution in [-0.4, -0.2) is 42.9 Å². The number of rotatable bonds is 10. The Morgan fingerprint density at radius 3 is 2.62 bits per heavy atom. The first-order chi connectivity index (χ1) is 15.7. The zero-order chi connectivity index (χ0) is 22.2. The minimum absolute atomic E-state index is 0.0356. The lowest BCUT2D eigenvalue weighted by Crippen LogP contribution is -2.27. The fraction of sp³-hybridized carbons (Fsp3) is 0.261. The lowest BCUT2D eigenvalue weighted by Gasteiger charge is -2.22. The summed E-state index contributed by atoms with van der Waals surface area (Å²) >= 11 is 0. The number of pyridine rings is 1. The van der Waals surface area contributed by atoms with Crippen LogP contribution in [0.25, 0.3) is 11.2 Å². The van der Waals surface area contributed by atoms with Gasteiger partial charge >= 0.3 is 0 Å². The Morgan fingerprint density at radius 2 is 1.81 bits per heavy atom. The van der Waals surface area contributed by atoms with Crippen LogP contribution in [0.4, 0.5) is 5.95 Å². The van der Waals surface area contributed by atoms with Crippen LogP contribution >= 0.6 is 0 Å². The molecule has 0 unspecified atom stereocenters. The van der Waals surface area contributed by atoms with Gasteiger partial charge in [-0.05, 0) is 30.7 Å². The number of aromatic nitrogens is 5. The predicted octanol–water partition coefficient (Wildman–Crippen LogP) is 1.87. The molecule has 3 aromatic heterocycles. The van der Waals surface area contributed by atoms with Crippen molar-refractivity contribution in [3.05, 3.63) is 88.2 Å². The third-order valence-electron chi connectivity index (χ3n) is 4.98. The molecule has 3 heterocycles. The smallest absolute Gasteiger partial charge is 0.280 e. The summed E-state index contributed by atoms with van der Waals surface area (Å²) in [5.41, 5.74) is 8.63. The minimum Gasteiger partial charge on any atom is -0.369 e. The number of fused-ring (bicyclic) bond motifs is 1. The van der Waals surface area contributed by atoms with E-state index in [2.05, 4.69) is 65.5 Å². The van der Waals surface area contributed by atoms with E-state index in [0.29, 0.717) is 12.2 Å². The Hall–Kier alpha value is -3.69. The summed E-state index contributed by atoms with van der Waals surface area (Å²) in [5, 5.41) is 3.38. The summed E-state index contributed by atoms with van der Waals surface area (Å²) in [7, 11) is 0. The maximum Gasteiger partial charge on any atom is 0.280 e. The van der Waals surface area contributed by atoms with Crippen molar-refractivity contribution in [2.75, 3.05) is 18.8 Å². The topological polar surface area (TPSA) is 126 Å². The van der Waals surface area contributed by atoms with Gasteiger partial charge in [0, 0.05) is 32.4 Å². The second kappa shape index (κ2) is 10.6.